The Labute approximate surface area is 258 Å². The second-order valence-corrected chi connectivity index (χ2v) is 10.0. The highest BCUT2D eigenvalue weighted by atomic mass is 35.5. The number of ether oxygens (including phenoxy) is 3. The maximum absolute atomic E-state index is 16.0. The van der Waals surface area contributed by atoms with Crippen LogP contribution in [0.1, 0.15) is 11.1 Å². The molecule has 0 amide bonds. The standard InChI is InChI=1S/C29H22ClF2N9O4/c1-41-10-9-35-27(41)16-3-2-4-17(11-16)43-28-22(31)24(44-20-8-6-15(12-18(20)30)26-37-39-40-38-26)23(32)29(36-28)45-21-13-14(25(33)34)5-7-19(21)42/h2-8,11-13,42H,9-10H2,1H3,(H3,33,34)(H,37,38,39,40). The first kappa shape index (κ1) is 29.3. The summed E-state index contributed by atoms with van der Waals surface area (Å²) < 4.78 is 48.8. The number of nitrogen functional groups attached to an aromatic ring is 1. The predicted molar refractivity (Wildman–Crippen MR) is 159 cm³/mol. The average molecular weight is 634 g/mol. The average Bonchev–Trinajstić information content (AvgIpc) is 3.72. The van der Waals surface area contributed by atoms with E-state index in [1.807, 2.05) is 18.0 Å². The number of tetrazole rings is 1. The van der Waals surface area contributed by atoms with Crippen molar-refractivity contribution in [3.8, 4) is 51.9 Å². The summed E-state index contributed by atoms with van der Waals surface area (Å²) in [5.74, 6) is -5.16. The zero-order valence-corrected chi connectivity index (χ0v) is 24.0. The minimum Gasteiger partial charge on any atom is -0.504 e. The number of phenols is 1. The summed E-state index contributed by atoms with van der Waals surface area (Å²) in [6.45, 7) is 1.37. The number of rotatable bonds is 9. The van der Waals surface area contributed by atoms with Crippen LogP contribution in [-0.2, 0) is 0 Å². The van der Waals surface area contributed by atoms with Gasteiger partial charge in [-0.15, -0.1) is 5.10 Å². The molecule has 13 nitrogen and oxygen atoms in total. The van der Waals surface area contributed by atoms with E-state index in [1.54, 1.807) is 18.2 Å². The Morgan fingerprint density at radius 2 is 1.80 bits per heavy atom. The monoisotopic (exact) mass is 633 g/mol. The second kappa shape index (κ2) is 12.0. The number of phenolic OH excluding ortho intramolecular Hbond substituents is 1. The van der Waals surface area contributed by atoms with Crippen molar-refractivity contribution in [3.05, 3.63) is 88.4 Å². The van der Waals surface area contributed by atoms with Crippen LogP contribution in [0.4, 0.5) is 8.78 Å². The SMILES string of the molecule is CN1CCN=C1c1cccc(Oc2nc(Oc3cc(C(=N)N)ccc3O)c(F)c(Oc3ccc(-c4nnn[nH]4)cc3Cl)c2F)c1. The summed E-state index contributed by atoms with van der Waals surface area (Å²) in [5, 5.41) is 31.4. The van der Waals surface area contributed by atoms with E-state index >= 15 is 8.78 Å². The number of amidine groups is 2. The van der Waals surface area contributed by atoms with E-state index in [9.17, 15) is 5.11 Å². The maximum atomic E-state index is 16.0. The highest BCUT2D eigenvalue weighted by Crippen LogP contribution is 2.42. The van der Waals surface area contributed by atoms with E-state index in [2.05, 4.69) is 30.6 Å². The van der Waals surface area contributed by atoms with Gasteiger partial charge in [0.15, 0.2) is 17.3 Å². The molecule has 3 aromatic carbocycles. The van der Waals surface area contributed by atoms with Gasteiger partial charge in [-0.1, -0.05) is 23.7 Å². The molecule has 16 heteroatoms. The van der Waals surface area contributed by atoms with Crippen LogP contribution in [0.5, 0.6) is 40.5 Å². The molecule has 0 unspecified atom stereocenters. The molecule has 3 heterocycles. The fourth-order valence-corrected chi connectivity index (χ4v) is 4.57. The van der Waals surface area contributed by atoms with Gasteiger partial charge in [0.1, 0.15) is 23.2 Å². The number of nitrogens with two attached hydrogens (primary N) is 1. The normalized spacial score (nSPS) is 12.6. The van der Waals surface area contributed by atoms with Crippen LogP contribution in [-0.4, -0.2) is 67.4 Å². The third-order valence-electron chi connectivity index (χ3n) is 6.58. The number of aromatic amines is 1. The molecule has 0 aliphatic carbocycles. The van der Waals surface area contributed by atoms with Crippen LogP contribution in [0.2, 0.25) is 5.02 Å². The summed E-state index contributed by atoms with van der Waals surface area (Å²) in [7, 11) is 1.89. The Morgan fingerprint density at radius 3 is 2.49 bits per heavy atom. The van der Waals surface area contributed by atoms with E-state index in [0.717, 1.165) is 12.4 Å². The van der Waals surface area contributed by atoms with Gasteiger partial charge in [-0.25, -0.2) is 5.10 Å². The highest BCUT2D eigenvalue weighted by molar-refractivity contribution is 6.32. The zero-order valence-electron chi connectivity index (χ0n) is 23.3. The van der Waals surface area contributed by atoms with Crippen molar-refractivity contribution in [2.24, 2.45) is 10.7 Å². The summed E-state index contributed by atoms with van der Waals surface area (Å²) in [5.41, 5.74) is 6.91. The van der Waals surface area contributed by atoms with Crippen molar-refractivity contribution in [2.75, 3.05) is 20.1 Å². The van der Waals surface area contributed by atoms with Crippen molar-refractivity contribution in [3.63, 3.8) is 0 Å². The van der Waals surface area contributed by atoms with Gasteiger partial charge < -0.3 is 30.0 Å². The van der Waals surface area contributed by atoms with Crippen molar-refractivity contribution in [1.29, 1.82) is 5.41 Å². The van der Waals surface area contributed by atoms with E-state index in [1.165, 1.54) is 36.4 Å². The first-order valence-corrected chi connectivity index (χ1v) is 13.6. The van der Waals surface area contributed by atoms with E-state index in [-0.39, 0.29) is 33.7 Å². The predicted octanol–water partition coefficient (Wildman–Crippen LogP) is 5.25. The molecular formula is C29H22ClF2N9O4. The van der Waals surface area contributed by atoms with Crippen molar-refractivity contribution < 1.29 is 28.1 Å². The number of nitrogens with zero attached hydrogens (tertiary/aromatic N) is 6. The van der Waals surface area contributed by atoms with Gasteiger partial charge in [0.05, 0.1) is 11.6 Å². The second-order valence-electron chi connectivity index (χ2n) is 9.63. The Hall–Kier alpha value is -5.83. The van der Waals surface area contributed by atoms with Gasteiger partial charge in [-0.2, -0.15) is 13.8 Å². The van der Waals surface area contributed by atoms with Gasteiger partial charge in [0, 0.05) is 30.3 Å². The largest absolute Gasteiger partial charge is 0.504 e. The summed E-state index contributed by atoms with van der Waals surface area (Å²) in [6.07, 6.45) is 0. The molecule has 1 aliphatic heterocycles. The minimum absolute atomic E-state index is 0.0228. The van der Waals surface area contributed by atoms with Gasteiger partial charge in [-0.05, 0) is 59.0 Å². The van der Waals surface area contributed by atoms with Gasteiger partial charge in [-0.3, -0.25) is 10.4 Å². The molecule has 228 valence electrons. The van der Waals surface area contributed by atoms with Crippen LogP contribution in [0, 0.1) is 17.0 Å². The first-order chi connectivity index (χ1) is 21.7. The quantitative estimate of drug-likeness (QED) is 0.124. The van der Waals surface area contributed by atoms with E-state index in [0.29, 0.717) is 23.5 Å². The molecule has 0 bridgehead atoms. The molecule has 0 spiro atoms. The summed E-state index contributed by atoms with van der Waals surface area (Å²) in [6, 6.07) is 14.8. The van der Waals surface area contributed by atoms with E-state index in [4.69, 9.17) is 37.0 Å². The fourth-order valence-electron chi connectivity index (χ4n) is 4.35. The number of aromatic hydroxyl groups is 1. The lowest BCUT2D eigenvalue weighted by atomic mass is 10.2. The number of benzene rings is 3. The lowest BCUT2D eigenvalue weighted by Crippen LogP contribution is -2.23. The van der Waals surface area contributed by atoms with Crippen LogP contribution in [0.25, 0.3) is 11.4 Å². The Kier molecular flexibility index (Phi) is 7.83. The van der Waals surface area contributed by atoms with Crippen molar-refractivity contribution in [2.45, 2.75) is 0 Å². The molecule has 5 aromatic rings. The maximum Gasteiger partial charge on any atom is 0.263 e. The Morgan fingerprint density at radius 1 is 1.00 bits per heavy atom. The molecule has 45 heavy (non-hydrogen) atoms. The lowest BCUT2D eigenvalue weighted by Gasteiger charge is -2.17. The summed E-state index contributed by atoms with van der Waals surface area (Å²) in [4.78, 5) is 10.4. The Bertz CT molecular complexity index is 1960. The number of hydrogen-bond acceptors (Lipinski definition) is 11. The molecule has 0 radical (unpaired) electrons. The van der Waals surface area contributed by atoms with Crippen LogP contribution in [0.15, 0.2) is 65.7 Å². The number of aliphatic imine (C=N–C) groups is 1. The summed E-state index contributed by atoms with van der Waals surface area (Å²) >= 11 is 6.39. The van der Waals surface area contributed by atoms with Crippen LogP contribution in [0.3, 0.4) is 0 Å². The molecule has 6 rings (SSSR count). The number of aromatic nitrogens is 5. The van der Waals surface area contributed by atoms with Gasteiger partial charge in [0.2, 0.25) is 17.4 Å². The highest BCUT2D eigenvalue weighted by Gasteiger charge is 2.27. The van der Waals surface area contributed by atoms with Gasteiger partial charge >= 0.3 is 0 Å². The lowest BCUT2D eigenvalue weighted by molar-refractivity contribution is 0.331. The third kappa shape index (κ3) is 6.01. The molecule has 1 aliphatic rings. The smallest absolute Gasteiger partial charge is 0.263 e. The number of H-pyrrole nitrogens is 1. The van der Waals surface area contributed by atoms with Crippen molar-refractivity contribution >= 4 is 23.3 Å². The van der Waals surface area contributed by atoms with Gasteiger partial charge in [0.25, 0.3) is 11.8 Å². The molecule has 0 saturated heterocycles. The molecule has 0 saturated carbocycles. The Balaban J connectivity index is 1.41. The van der Waals surface area contributed by atoms with Crippen molar-refractivity contribution in [1.82, 2.24) is 30.5 Å². The molecule has 2 aromatic heterocycles. The molecular weight excluding hydrogens is 612 g/mol. The third-order valence-corrected chi connectivity index (χ3v) is 6.88. The zero-order chi connectivity index (χ0) is 31.7. The molecule has 5 N–H and O–H groups in total. The first-order valence-electron chi connectivity index (χ1n) is 13.2. The number of likely N-dealkylation sites (N-methyl/N-ethyl adjacent to an activating group) is 1. The van der Waals surface area contributed by atoms with Crippen LogP contribution < -0.4 is 19.9 Å². The van der Waals surface area contributed by atoms with Crippen LogP contribution >= 0.6 is 11.6 Å². The molecule has 0 atom stereocenters. The number of halogens is 3. The number of nitrogens with one attached hydrogen (secondary N) is 2. The minimum atomic E-state index is -1.37. The fraction of sp³-hybridized carbons (Fsp3) is 0.103. The van der Waals surface area contributed by atoms with E-state index < -0.39 is 34.9 Å². The number of pyridine rings is 1. The number of hydrogen-bond donors (Lipinski definition) is 4. The molecule has 0 fully saturated rings. The topological polar surface area (TPSA) is 181 Å².